The fourth-order valence-electron chi connectivity index (χ4n) is 2.10. The molecule has 128 valence electrons. The van der Waals surface area contributed by atoms with Crippen molar-refractivity contribution in [3.63, 3.8) is 0 Å². The molecule has 0 aliphatic heterocycles. The minimum absolute atomic E-state index is 0.100. The summed E-state index contributed by atoms with van der Waals surface area (Å²) in [7, 11) is 0. The highest BCUT2D eigenvalue weighted by atomic mass is 35.5. The van der Waals surface area contributed by atoms with Gasteiger partial charge in [-0.3, -0.25) is 9.59 Å². The molecular weight excluding hydrogens is 366 g/mol. The van der Waals surface area contributed by atoms with E-state index in [4.69, 9.17) is 17.3 Å². The lowest BCUT2D eigenvalue weighted by Gasteiger charge is -2.15. The minimum atomic E-state index is -0.385. The molecule has 3 N–H and O–H groups in total. The summed E-state index contributed by atoms with van der Waals surface area (Å²) in [4.78, 5) is 28.3. The van der Waals surface area contributed by atoms with Gasteiger partial charge in [-0.1, -0.05) is 41.6 Å². The van der Waals surface area contributed by atoms with Crippen LogP contribution in [0.4, 0.5) is 0 Å². The first kappa shape index (κ1) is 18.8. The molecule has 0 spiro atoms. The molecule has 24 heavy (non-hydrogen) atoms. The number of hydrogen-bond acceptors (Lipinski definition) is 5. The second-order valence-electron chi connectivity index (χ2n) is 5.23. The third kappa shape index (κ3) is 5.22. The van der Waals surface area contributed by atoms with Gasteiger partial charge in [0.15, 0.2) is 4.34 Å². The average Bonchev–Trinajstić information content (AvgIpc) is 2.85. The molecule has 0 fully saturated rings. The molecule has 8 heteroatoms. The van der Waals surface area contributed by atoms with Crippen LogP contribution in [0.25, 0.3) is 0 Å². The Morgan fingerprint density at radius 1 is 1.42 bits per heavy atom. The molecule has 2 aromatic rings. The smallest absolute Gasteiger partial charge is 0.230 e. The summed E-state index contributed by atoms with van der Waals surface area (Å²) in [5.41, 5.74) is 6.87. The van der Waals surface area contributed by atoms with Gasteiger partial charge in [-0.2, -0.15) is 0 Å². The first-order valence-corrected chi connectivity index (χ1v) is 9.46. The Bertz CT molecular complexity index is 749. The van der Waals surface area contributed by atoms with E-state index in [-0.39, 0.29) is 30.0 Å². The molecular formula is C16H18ClN3O2S2. The van der Waals surface area contributed by atoms with Crippen molar-refractivity contribution in [1.82, 2.24) is 10.3 Å². The fraction of sp³-hybridized carbons (Fsp3) is 0.312. The Balaban J connectivity index is 1.89. The zero-order valence-electron chi connectivity index (χ0n) is 13.3. The number of hydrogen-bond donors (Lipinski definition) is 2. The molecule has 0 bridgehead atoms. The second kappa shape index (κ2) is 8.50. The number of aromatic nitrogens is 1. The second-order valence-corrected chi connectivity index (χ2v) is 7.94. The van der Waals surface area contributed by atoms with Gasteiger partial charge in [0.2, 0.25) is 11.8 Å². The van der Waals surface area contributed by atoms with E-state index in [0.29, 0.717) is 5.02 Å². The van der Waals surface area contributed by atoms with Crippen molar-refractivity contribution in [1.29, 1.82) is 0 Å². The van der Waals surface area contributed by atoms with Crippen LogP contribution in [0.5, 0.6) is 0 Å². The van der Waals surface area contributed by atoms with Crippen LogP contribution in [0.1, 0.15) is 29.1 Å². The summed E-state index contributed by atoms with van der Waals surface area (Å²) in [6.07, 6.45) is 0.180. The summed E-state index contributed by atoms with van der Waals surface area (Å²) in [5, 5.41) is 3.55. The maximum absolute atomic E-state index is 12.1. The van der Waals surface area contributed by atoms with Crippen LogP contribution >= 0.6 is 34.7 Å². The maximum atomic E-state index is 12.1. The third-order valence-electron chi connectivity index (χ3n) is 3.28. The van der Waals surface area contributed by atoms with Crippen molar-refractivity contribution in [3.05, 3.63) is 45.4 Å². The Kier molecular flexibility index (Phi) is 6.65. The van der Waals surface area contributed by atoms with Gasteiger partial charge in [-0.05, 0) is 25.5 Å². The Labute approximate surface area is 154 Å². The van der Waals surface area contributed by atoms with E-state index in [2.05, 4.69) is 10.3 Å². The molecule has 1 atom stereocenters. The fourth-order valence-corrected chi connectivity index (χ4v) is 4.45. The van der Waals surface area contributed by atoms with Crippen LogP contribution in [0, 0.1) is 6.92 Å². The first-order valence-electron chi connectivity index (χ1n) is 7.28. The van der Waals surface area contributed by atoms with Gasteiger partial charge in [-0.15, -0.1) is 11.3 Å². The van der Waals surface area contributed by atoms with Crippen LogP contribution in [0.2, 0.25) is 5.02 Å². The van der Waals surface area contributed by atoms with Crippen LogP contribution in [0.15, 0.2) is 28.6 Å². The summed E-state index contributed by atoms with van der Waals surface area (Å²) in [6.45, 7) is 3.72. The van der Waals surface area contributed by atoms with Crippen LogP contribution < -0.4 is 11.1 Å². The predicted molar refractivity (Wildman–Crippen MR) is 98.5 cm³/mol. The Morgan fingerprint density at radius 2 is 2.12 bits per heavy atom. The lowest BCUT2D eigenvalue weighted by molar-refractivity contribution is -0.119. The number of halogens is 1. The van der Waals surface area contributed by atoms with E-state index in [0.717, 1.165) is 20.5 Å². The quantitative estimate of drug-likeness (QED) is 0.719. The van der Waals surface area contributed by atoms with Crippen LogP contribution in [0.3, 0.4) is 0 Å². The van der Waals surface area contributed by atoms with E-state index in [9.17, 15) is 9.59 Å². The third-order valence-corrected chi connectivity index (χ3v) is 5.93. The van der Waals surface area contributed by atoms with E-state index in [1.165, 1.54) is 23.1 Å². The number of nitrogens with one attached hydrogen (secondary N) is 1. The molecule has 2 rings (SSSR count). The standard InChI is InChI=1S/C16H18ClN3O2S2/c1-9(11-5-3-4-6-12(11)17)19-15(22)8-23-16-20-10(2)13(24-16)7-14(18)21/h3-6,9H,7-8H2,1-2H3,(H2,18,21)(H,19,22). The van der Waals surface area contributed by atoms with Crippen molar-refractivity contribution in [3.8, 4) is 0 Å². The monoisotopic (exact) mass is 383 g/mol. The van der Waals surface area contributed by atoms with Gasteiger partial charge < -0.3 is 11.1 Å². The van der Waals surface area contributed by atoms with Gasteiger partial charge in [0.05, 0.1) is 23.9 Å². The lowest BCUT2D eigenvalue weighted by atomic mass is 10.1. The first-order chi connectivity index (χ1) is 11.4. The van der Waals surface area contributed by atoms with Gasteiger partial charge in [0.25, 0.3) is 0 Å². The van der Waals surface area contributed by atoms with E-state index in [1.54, 1.807) is 6.07 Å². The maximum Gasteiger partial charge on any atom is 0.230 e. The number of carbonyl (C=O) groups excluding carboxylic acids is 2. The number of aryl methyl sites for hydroxylation is 1. The van der Waals surface area contributed by atoms with Gasteiger partial charge in [0, 0.05) is 9.90 Å². The molecule has 0 aliphatic carbocycles. The molecule has 0 saturated carbocycles. The Morgan fingerprint density at radius 3 is 2.79 bits per heavy atom. The van der Waals surface area contributed by atoms with Crippen molar-refractivity contribution < 1.29 is 9.59 Å². The van der Waals surface area contributed by atoms with Gasteiger partial charge in [0.1, 0.15) is 0 Å². The van der Waals surface area contributed by atoms with Crippen LogP contribution in [-0.2, 0) is 16.0 Å². The Hall–Kier alpha value is -1.57. The molecule has 1 aromatic carbocycles. The zero-order valence-corrected chi connectivity index (χ0v) is 15.7. The van der Waals surface area contributed by atoms with E-state index >= 15 is 0 Å². The predicted octanol–water partition coefficient (Wildman–Crippen LogP) is 3.10. The number of carbonyl (C=O) groups is 2. The van der Waals surface area contributed by atoms with Crippen molar-refractivity contribution in [2.75, 3.05) is 5.75 Å². The largest absolute Gasteiger partial charge is 0.369 e. The van der Waals surface area contributed by atoms with Gasteiger partial charge >= 0.3 is 0 Å². The number of thiazole rings is 1. The molecule has 2 amide bonds. The molecule has 0 radical (unpaired) electrons. The number of nitrogens with zero attached hydrogens (tertiary/aromatic N) is 1. The number of rotatable bonds is 7. The molecule has 5 nitrogen and oxygen atoms in total. The van der Waals surface area contributed by atoms with Crippen molar-refractivity contribution in [2.45, 2.75) is 30.6 Å². The van der Waals surface area contributed by atoms with Crippen molar-refractivity contribution in [2.24, 2.45) is 5.73 Å². The summed E-state index contributed by atoms with van der Waals surface area (Å²) in [6, 6.07) is 7.26. The van der Waals surface area contributed by atoms with E-state index < -0.39 is 0 Å². The summed E-state index contributed by atoms with van der Waals surface area (Å²) >= 11 is 8.87. The SMILES string of the molecule is Cc1nc(SCC(=O)NC(C)c2ccccc2Cl)sc1CC(N)=O. The molecule has 0 saturated heterocycles. The van der Waals surface area contributed by atoms with Crippen molar-refractivity contribution >= 4 is 46.5 Å². The summed E-state index contributed by atoms with van der Waals surface area (Å²) < 4.78 is 0.754. The number of amides is 2. The highest BCUT2D eigenvalue weighted by Gasteiger charge is 2.15. The minimum Gasteiger partial charge on any atom is -0.369 e. The highest BCUT2D eigenvalue weighted by Crippen LogP contribution is 2.28. The molecule has 1 aromatic heterocycles. The summed E-state index contributed by atoms with van der Waals surface area (Å²) in [5.74, 6) is -0.237. The highest BCUT2D eigenvalue weighted by molar-refractivity contribution is 8.01. The van der Waals surface area contributed by atoms with E-state index in [1.807, 2.05) is 32.0 Å². The average molecular weight is 384 g/mol. The van der Waals surface area contributed by atoms with Gasteiger partial charge in [-0.25, -0.2) is 4.98 Å². The number of thioether (sulfide) groups is 1. The number of nitrogens with two attached hydrogens (primary N) is 1. The lowest BCUT2D eigenvalue weighted by Crippen LogP contribution is -2.28. The molecule has 0 aliphatic rings. The molecule has 1 heterocycles. The number of benzene rings is 1. The number of primary amides is 1. The topological polar surface area (TPSA) is 85.1 Å². The molecule has 1 unspecified atom stereocenters. The zero-order chi connectivity index (χ0) is 17.7. The normalized spacial score (nSPS) is 12.0. The van der Waals surface area contributed by atoms with Crippen LogP contribution in [-0.4, -0.2) is 22.6 Å².